The van der Waals surface area contributed by atoms with Crippen molar-refractivity contribution < 1.29 is 4.79 Å². The van der Waals surface area contributed by atoms with Crippen LogP contribution in [0.3, 0.4) is 0 Å². The van der Waals surface area contributed by atoms with Crippen LogP contribution in [0.4, 0.5) is 5.69 Å². The van der Waals surface area contributed by atoms with Crippen LogP contribution in [-0.4, -0.2) is 21.1 Å². The fourth-order valence-electron chi connectivity index (χ4n) is 1.76. The minimum atomic E-state index is -0.325. The highest BCUT2D eigenvalue weighted by atomic mass is 35.5. The molecule has 0 bridgehead atoms. The van der Waals surface area contributed by atoms with Crippen LogP contribution in [0.15, 0.2) is 42.7 Å². The number of carbonyl (C=O) groups excluding carboxylic acids is 1. The second-order valence-corrected chi connectivity index (χ2v) is 4.35. The van der Waals surface area contributed by atoms with Gasteiger partial charge in [0.25, 0.3) is 5.91 Å². The molecule has 2 N–H and O–H groups in total. The van der Waals surface area contributed by atoms with E-state index in [4.69, 9.17) is 11.6 Å². The van der Waals surface area contributed by atoms with Crippen molar-refractivity contribution >= 4 is 34.1 Å². The van der Waals surface area contributed by atoms with Gasteiger partial charge in [0, 0.05) is 11.6 Å². The first-order valence-corrected chi connectivity index (χ1v) is 5.97. The number of nitrogens with one attached hydrogen (secondary N) is 2. The quantitative estimate of drug-likeness (QED) is 0.753. The maximum absolute atomic E-state index is 12.0. The number of rotatable bonds is 2. The Hall–Kier alpha value is -2.40. The lowest BCUT2D eigenvalue weighted by Gasteiger charge is -2.05. The molecule has 0 radical (unpaired) electrons. The van der Waals surface area contributed by atoms with Gasteiger partial charge in [0.2, 0.25) is 0 Å². The molecule has 6 heteroatoms. The second-order valence-electron chi connectivity index (χ2n) is 3.95. The first-order valence-electron chi connectivity index (χ1n) is 5.59. The molecule has 0 saturated heterocycles. The number of hydrogen-bond donors (Lipinski definition) is 2. The number of aromatic amines is 1. The van der Waals surface area contributed by atoms with Gasteiger partial charge >= 0.3 is 0 Å². The minimum absolute atomic E-state index is 0.268. The van der Waals surface area contributed by atoms with Crippen molar-refractivity contribution in [1.82, 2.24) is 15.2 Å². The molecule has 0 aliphatic carbocycles. The van der Waals surface area contributed by atoms with Gasteiger partial charge < -0.3 is 5.32 Å². The van der Waals surface area contributed by atoms with Gasteiger partial charge in [-0.3, -0.25) is 9.89 Å². The Bertz CT molecular complexity index is 739. The van der Waals surface area contributed by atoms with E-state index < -0.39 is 0 Å². The van der Waals surface area contributed by atoms with Crippen LogP contribution < -0.4 is 5.32 Å². The number of aromatic nitrogens is 3. The Morgan fingerprint density at radius 2 is 2.16 bits per heavy atom. The number of anilines is 1. The van der Waals surface area contributed by atoms with Crippen LogP contribution >= 0.6 is 11.6 Å². The molecule has 1 amide bonds. The molecule has 0 fully saturated rings. The Labute approximate surface area is 113 Å². The number of benzene rings is 1. The summed E-state index contributed by atoms with van der Waals surface area (Å²) in [5.41, 5.74) is 1.54. The summed E-state index contributed by atoms with van der Waals surface area (Å²) >= 11 is 6.15. The predicted molar refractivity (Wildman–Crippen MR) is 73.3 cm³/mol. The highest BCUT2D eigenvalue weighted by Crippen LogP contribution is 2.23. The molecule has 0 aliphatic heterocycles. The Kier molecular flexibility index (Phi) is 2.89. The average Bonchev–Trinajstić information content (AvgIpc) is 2.91. The van der Waals surface area contributed by atoms with Crippen LogP contribution in [0, 0.1) is 0 Å². The van der Waals surface area contributed by atoms with Crippen molar-refractivity contribution in [2.24, 2.45) is 0 Å². The van der Waals surface area contributed by atoms with Crippen LogP contribution in [0.25, 0.3) is 10.9 Å². The average molecular weight is 273 g/mol. The highest BCUT2D eigenvalue weighted by molar-refractivity contribution is 6.35. The normalized spacial score (nSPS) is 10.6. The predicted octanol–water partition coefficient (Wildman–Crippen LogP) is 2.86. The number of pyridine rings is 1. The maximum atomic E-state index is 12.0. The molecule has 3 rings (SSSR count). The molecular formula is C13H9ClN4O. The fraction of sp³-hybridized carbons (Fsp3) is 0. The van der Waals surface area contributed by atoms with E-state index in [1.165, 1.54) is 6.20 Å². The summed E-state index contributed by atoms with van der Waals surface area (Å²) < 4.78 is 0. The fourth-order valence-corrected chi connectivity index (χ4v) is 2.03. The van der Waals surface area contributed by atoms with E-state index in [-0.39, 0.29) is 11.6 Å². The molecular weight excluding hydrogens is 264 g/mol. The van der Waals surface area contributed by atoms with Gasteiger partial charge in [-0.05, 0) is 12.1 Å². The molecule has 0 atom stereocenters. The Morgan fingerprint density at radius 3 is 2.95 bits per heavy atom. The number of nitrogens with zero attached hydrogens (tertiary/aromatic N) is 2. The van der Waals surface area contributed by atoms with Crippen LogP contribution in [0.2, 0.25) is 5.02 Å². The maximum Gasteiger partial charge on any atom is 0.274 e. The van der Waals surface area contributed by atoms with Gasteiger partial charge in [0.05, 0.1) is 22.4 Å². The second kappa shape index (κ2) is 4.70. The van der Waals surface area contributed by atoms with Crippen molar-refractivity contribution in [1.29, 1.82) is 0 Å². The summed E-state index contributed by atoms with van der Waals surface area (Å²) in [6, 6.07) is 8.96. The lowest BCUT2D eigenvalue weighted by molar-refractivity contribution is 0.102. The van der Waals surface area contributed by atoms with Gasteiger partial charge in [-0.2, -0.15) is 5.10 Å². The van der Waals surface area contributed by atoms with Crippen LogP contribution in [0.5, 0.6) is 0 Å². The monoisotopic (exact) mass is 272 g/mol. The van der Waals surface area contributed by atoms with Crippen LogP contribution in [-0.2, 0) is 0 Å². The number of H-pyrrole nitrogens is 1. The third-order valence-corrected chi connectivity index (χ3v) is 2.97. The molecule has 0 spiro atoms. The van der Waals surface area contributed by atoms with E-state index in [9.17, 15) is 4.79 Å². The van der Waals surface area contributed by atoms with E-state index in [1.807, 2.05) is 24.3 Å². The third-order valence-electron chi connectivity index (χ3n) is 2.65. The molecule has 0 saturated carbocycles. The Balaban J connectivity index is 1.98. The number of hydrogen-bond acceptors (Lipinski definition) is 3. The smallest absolute Gasteiger partial charge is 0.274 e. The SMILES string of the molecule is O=C(Nc1cn[nH]c1)c1cc(Cl)c2ccccc2n1. The topological polar surface area (TPSA) is 70.7 Å². The largest absolute Gasteiger partial charge is 0.318 e. The van der Waals surface area contributed by atoms with Gasteiger partial charge in [0.1, 0.15) is 5.69 Å². The van der Waals surface area contributed by atoms with E-state index in [0.717, 1.165) is 5.39 Å². The molecule has 5 nitrogen and oxygen atoms in total. The van der Waals surface area contributed by atoms with Crippen molar-refractivity contribution in [3.8, 4) is 0 Å². The highest BCUT2D eigenvalue weighted by Gasteiger charge is 2.11. The lowest BCUT2D eigenvalue weighted by atomic mass is 10.2. The molecule has 0 unspecified atom stereocenters. The molecule has 19 heavy (non-hydrogen) atoms. The lowest BCUT2D eigenvalue weighted by Crippen LogP contribution is -2.13. The number of carbonyl (C=O) groups is 1. The number of para-hydroxylation sites is 1. The molecule has 2 aromatic heterocycles. The first kappa shape index (κ1) is 11.7. The number of amides is 1. The van der Waals surface area contributed by atoms with E-state index in [1.54, 1.807) is 12.3 Å². The zero-order chi connectivity index (χ0) is 13.2. The molecule has 3 aromatic rings. The van der Waals surface area contributed by atoms with Gasteiger partial charge in [0.15, 0.2) is 0 Å². The van der Waals surface area contributed by atoms with Crippen molar-refractivity contribution in [3.63, 3.8) is 0 Å². The van der Waals surface area contributed by atoms with E-state index >= 15 is 0 Å². The van der Waals surface area contributed by atoms with Gasteiger partial charge in [-0.15, -0.1) is 0 Å². The van der Waals surface area contributed by atoms with Crippen molar-refractivity contribution in [2.45, 2.75) is 0 Å². The summed E-state index contributed by atoms with van der Waals surface area (Å²) in [6.07, 6.45) is 3.10. The Morgan fingerprint density at radius 1 is 1.32 bits per heavy atom. The zero-order valence-electron chi connectivity index (χ0n) is 9.72. The zero-order valence-corrected chi connectivity index (χ0v) is 10.5. The standard InChI is InChI=1S/C13H9ClN4O/c14-10-5-12(13(19)17-8-6-15-16-7-8)18-11-4-2-1-3-9(10)11/h1-7H,(H,15,16)(H,17,19). The summed E-state index contributed by atoms with van der Waals surface area (Å²) in [4.78, 5) is 16.3. The van der Waals surface area contributed by atoms with E-state index in [2.05, 4.69) is 20.5 Å². The summed E-state index contributed by atoms with van der Waals surface area (Å²) in [5, 5.41) is 10.4. The van der Waals surface area contributed by atoms with Crippen molar-refractivity contribution in [2.75, 3.05) is 5.32 Å². The number of halogens is 1. The van der Waals surface area contributed by atoms with Crippen LogP contribution in [0.1, 0.15) is 10.5 Å². The number of fused-ring (bicyclic) bond motifs is 1. The van der Waals surface area contributed by atoms with E-state index in [0.29, 0.717) is 16.2 Å². The van der Waals surface area contributed by atoms with Gasteiger partial charge in [-0.1, -0.05) is 29.8 Å². The van der Waals surface area contributed by atoms with Gasteiger partial charge in [-0.25, -0.2) is 4.98 Å². The summed E-state index contributed by atoms with van der Waals surface area (Å²) in [6.45, 7) is 0. The summed E-state index contributed by atoms with van der Waals surface area (Å²) in [5.74, 6) is -0.325. The molecule has 0 aliphatic rings. The molecule has 1 aromatic carbocycles. The summed E-state index contributed by atoms with van der Waals surface area (Å²) in [7, 11) is 0. The first-order chi connectivity index (χ1) is 9.24. The molecule has 94 valence electrons. The third kappa shape index (κ3) is 2.28. The minimum Gasteiger partial charge on any atom is -0.318 e. The molecule has 2 heterocycles. The van der Waals surface area contributed by atoms with Crippen molar-refractivity contribution in [3.05, 3.63) is 53.4 Å².